The molecule has 0 bridgehead atoms. The van der Waals surface area contributed by atoms with E-state index in [1.807, 2.05) is 92.7 Å². The summed E-state index contributed by atoms with van der Waals surface area (Å²) in [7, 11) is 5.72. The van der Waals surface area contributed by atoms with Gasteiger partial charge >= 0.3 is 0 Å². The lowest BCUT2D eigenvalue weighted by molar-refractivity contribution is 1.42. The Bertz CT molecular complexity index is 1430. The van der Waals surface area contributed by atoms with Crippen molar-refractivity contribution in [1.29, 1.82) is 0 Å². The first-order valence-corrected chi connectivity index (χ1v) is 11.1. The third kappa shape index (κ3) is 7.35. The van der Waals surface area contributed by atoms with Crippen LogP contribution in [-0.2, 0) is 0 Å². The first-order valence-electron chi connectivity index (χ1n) is 11.1. The Hall–Kier alpha value is -4.38. The highest BCUT2D eigenvalue weighted by atomic mass is 14.0. The maximum Gasteiger partial charge on any atom is 0.113 e. The molecule has 34 heavy (non-hydrogen) atoms. The summed E-state index contributed by atoms with van der Waals surface area (Å²) in [5.74, 6) is 19.2. The molecule has 0 N–H and O–H groups in total. The summed E-state index contributed by atoms with van der Waals surface area (Å²) >= 11 is 0. The van der Waals surface area contributed by atoms with Gasteiger partial charge in [-0.15, -0.1) is 0 Å². The number of aryl methyl sites for hydroxylation is 1. The van der Waals surface area contributed by atoms with Crippen LogP contribution in [0.1, 0.15) is 41.7 Å². The molecule has 0 aliphatic carbocycles. The molecule has 0 saturated heterocycles. The quantitative estimate of drug-likeness (QED) is 0.263. The van der Waals surface area contributed by atoms with Crippen molar-refractivity contribution in [1.82, 2.24) is 0 Å². The molecular weight excluding hydrogens is 407 g/mol. The average molecular weight is 432 g/mol. The van der Waals surface area contributed by atoms with Crippen molar-refractivity contribution >= 4 is 13.3 Å². The lowest BCUT2D eigenvalue weighted by atomic mass is 9.95. The lowest BCUT2D eigenvalue weighted by Gasteiger charge is -2.00. The molecule has 0 amide bonds. The predicted octanol–water partition coefficient (Wildman–Crippen LogP) is 6.04. The molecule has 0 unspecified atom stereocenters. The fraction of sp³-hybridized carbons (Fsp3) is 0.0909. The van der Waals surface area contributed by atoms with Gasteiger partial charge in [0.2, 0.25) is 0 Å². The Labute approximate surface area is 205 Å². The van der Waals surface area contributed by atoms with Crippen molar-refractivity contribution < 1.29 is 0 Å². The van der Waals surface area contributed by atoms with Gasteiger partial charge in [0.15, 0.2) is 0 Å². The molecule has 3 rings (SSSR count). The Morgan fingerprint density at radius 3 is 2.12 bits per heavy atom. The molecule has 0 heterocycles. The summed E-state index contributed by atoms with van der Waals surface area (Å²) in [6.07, 6.45) is 4.00. The van der Waals surface area contributed by atoms with E-state index in [2.05, 4.69) is 55.1 Å². The number of rotatable bonds is 2. The summed E-state index contributed by atoms with van der Waals surface area (Å²) < 4.78 is 0. The SMILES string of the molecule is [B]c1ccc(C#CC(=C)/C(C)=C\C(C#Cc2ccc(C#Cc3ccccc3)c(C)c2)=C/C)cc1. The van der Waals surface area contributed by atoms with E-state index >= 15 is 0 Å². The molecule has 3 aromatic rings. The van der Waals surface area contributed by atoms with Crippen LogP contribution < -0.4 is 5.46 Å². The van der Waals surface area contributed by atoms with Gasteiger partial charge in [-0.2, -0.15) is 0 Å². The summed E-state index contributed by atoms with van der Waals surface area (Å²) in [6, 6.07) is 23.6. The topological polar surface area (TPSA) is 0 Å². The molecule has 3 aromatic carbocycles. The van der Waals surface area contributed by atoms with Crippen molar-refractivity contribution in [3.05, 3.63) is 136 Å². The van der Waals surface area contributed by atoms with Gasteiger partial charge in [0.25, 0.3) is 0 Å². The zero-order chi connectivity index (χ0) is 24.3. The van der Waals surface area contributed by atoms with Crippen LogP contribution in [0.25, 0.3) is 0 Å². The van der Waals surface area contributed by atoms with Crippen molar-refractivity contribution in [2.45, 2.75) is 20.8 Å². The Morgan fingerprint density at radius 1 is 0.794 bits per heavy atom. The number of allylic oxidation sites excluding steroid dienone is 5. The molecule has 0 spiro atoms. The Morgan fingerprint density at radius 2 is 1.44 bits per heavy atom. The Balaban J connectivity index is 1.72. The summed E-state index contributed by atoms with van der Waals surface area (Å²) in [6.45, 7) is 10.1. The monoisotopic (exact) mass is 432 g/mol. The van der Waals surface area contributed by atoms with Crippen LogP contribution in [0, 0.1) is 42.4 Å². The molecule has 2 radical (unpaired) electrons. The highest BCUT2D eigenvalue weighted by molar-refractivity contribution is 6.32. The molecule has 0 nitrogen and oxygen atoms in total. The number of benzene rings is 3. The molecule has 0 aromatic heterocycles. The predicted molar refractivity (Wildman–Crippen MR) is 146 cm³/mol. The van der Waals surface area contributed by atoms with Gasteiger partial charge in [-0.25, -0.2) is 0 Å². The van der Waals surface area contributed by atoms with Gasteiger partial charge in [0.1, 0.15) is 7.85 Å². The van der Waals surface area contributed by atoms with E-state index in [4.69, 9.17) is 7.85 Å². The normalized spacial score (nSPS) is 10.7. The van der Waals surface area contributed by atoms with Crippen LogP contribution in [0.5, 0.6) is 0 Å². The van der Waals surface area contributed by atoms with Crippen molar-refractivity contribution in [3.8, 4) is 35.5 Å². The molecule has 0 atom stereocenters. The van der Waals surface area contributed by atoms with E-state index < -0.39 is 0 Å². The number of hydrogen-bond acceptors (Lipinski definition) is 0. The third-order valence-electron chi connectivity index (χ3n) is 5.12. The molecule has 0 aliphatic rings. The van der Waals surface area contributed by atoms with Crippen molar-refractivity contribution in [2.75, 3.05) is 0 Å². The molecule has 160 valence electrons. The van der Waals surface area contributed by atoms with Crippen LogP contribution >= 0.6 is 0 Å². The lowest BCUT2D eigenvalue weighted by Crippen LogP contribution is -1.99. The first kappa shape index (κ1) is 24.3. The van der Waals surface area contributed by atoms with Crippen LogP contribution in [0.15, 0.2) is 108 Å². The van der Waals surface area contributed by atoms with Crippen LogP contribution in [0.2, 0.25) is 0 Å². The second kappa shape index (κ2) is 12.0. The van der Waals surface area contributed by atoms with Gasteiger partial charge in [-0.05, 0) is 80.4 Å². The van der Waals surface area contributed by atoms with Gasteiger partial charge in [-0.3, -0.25) is 0 Å². The third-order valence-corrected chi connectivity index (χ3v) is 5.12. The fourth-order valence-electron chi connectivity index (χ4n) is 3.01. The smallest absolute Gasteiger partial charge is 0.0966 e. The zero-order valence-electron chi connectivity index (χ0n) is 19.9. The molecule has 0 saturated carbocycles. The van der Waals surface area contributed by atoms with Gasteiger partial charge in [0.05, 0.1) is 0 Å². The second-order valence-corrected chi connectivity index (χ2v) is 7.82. The number of hydrogen-bond donors (Lipinski definition) is 0. The minimum Gasteiger partial charge on any atom is -0.0966 e. The van der Waals surface area contributed by atoms with E-state index in [-0.39, 0.29) is 0 Å². The van der Waals surface area contributed by atoms with Crippen LogP contribution in [-0.4, -0.2) is 7.85 Å². The Kier molecular flexibility index (Phi) is 8.58. The molecule has 1 heteroatoms. The summed E-state index contributed by atoms with van der Waals surface area (Å²) in [4.78, 5) is 0. The van der Waals surface area contributed by atoms with Crippen LogP contribution in [0.4, 0.5) is 0 Å². The maximum absolute atomic E-state index is 5.72. The largest absolute Gasteiger partial charge is 0.113 e. The standard InChI is InChI=1S/C33H25B/c1-5-28(23-26(3)25(2)11-12-30-17-21-33(34)22-18-30)13-14-31-16-20-32(27(4)24-31)19-15-29-9-7-6-8-10-29/h5-10,16-18,20-24H,2H2,1,3-4H3/b26-23-,28-5-. The van der Waals surface area contributed by atoms with Crippen LogP contribution in [0.3, 0.4) is 0 Å². The zero-order valence-corrected chi connectivity index (χ0v) is 19.9. The maximum atomic E-state index is 5.72. The van der Waals surface area contributed by atoms with E-state index in [9.17, 15) is 0 Å². The summed E-state index contributed by atoms with van der Waals surface area (Å²) in [5.41, 5.74) is 8.35. The molecule has 0 fully saturated rings. The second-order valence-electron chi connectivity index (χ2n) is 7.82. The first-order chi connectivity index (χ1) is 16.4. The van der Waals surface area contributed by atoms with E-state index in [0.29, 0.717) is 0 Å². The van der Waals surface area contributed by atoms with Gasteiger partial charge in [-0.1, -0.05) is 84.0 Å². The van der Waals surface area contributed by atoms with Gasteiger partial charge in [0, 0.05) is 33.4 Å². The van der Waals surface area contributed by atoms with E-state index in [1.165, 1.54) is 0 Å². The van der Waals surface area contributed by atoms with E-state index in [0.717, 1.165) is 50.0 Å². The van der Waals surface area contributed by atoms with Gasteiger partial charge < -0.3 is 0 Å². The summed E-state index contributed by atoms with van der Waals surface area (Å²) in [5, 5.41) is 0. The average Bonchev–Trinajstić information content (AvgIpc) is 2.85. The minimum absolute atomic E-state index is 0.724. The minimum atomic E-state index is 0.724. The van der Waals surface area contributed by atoms with E-state index in [1.54, 1.807) is 0 Å². The fourth-order valence-corrected chi connectivity index (χ4v) is 3.01. The highest BCUT2D eigenvalue weighted by Crippen LogP contribution is 2.12. The van der Waals surface area contributed by atoms with Crippen molar-refractivity contribution in [2.24, 2.45) is 0 Å². The molecular formula is C33H25B. The molecule has 0 aliphatic heterocycles. The van der Waals surface area contributed by atoms with Crippen molar-refractivity contribution in [3.63, 3.8) is 0 Å². The highest BCUT2D eigenvalue weighted by Gasteiger charge is 1.98.